The van der Waals surface area contributed by atoms with Crippen molar-refractivity contribution in [3.05, 3.63) is 69.8 Å². The quantitative estimate of drug-likeness (QED) is 0.365. The monoisotopic (exact) mass is 544 g/mol. The van der Waals surface area contributed by atoms with Crippen molar-refractivity contribution < 1.29 is 43.5 Å². The number of hydrogen-bond acceptors (Lipinski definition) is 9. The van der Waals surface area contributed by atoms with Gasteiger partial charge < -0.3 is 29.2 Å². The number of aryl methyl sites for hydroxylation is 1. The van der Waals surface area contributed by atoms with Crippen molar-refractivity contribution in [3.63, 3.8) is 0 Å². The topological polar surface area (TPSA) is 129 Å². The van der Waals surface area contributed by atoms with Crippen LogP contribution in [0.25, 0.3) is 10.8 Å². The Morgan fingerprint density at radius 1 is 0.825 bits per heavy atom. The molecule has 0 amide bonds. The Morgan fingerprint density at radius 2 is 1.55 bits per heavy atom. The third-order valence-corrected chi connectivity index (χ3v) is 8.53. The van der Waals surface area contributed by atoms with Crippen LogP contribution in [0.1, 0.15) is 75.8 Å². The minimum Gasteiger partial charge on any atom is -0.507 e. The number of rotatable bonds is 1. The zero-order valence-electron chi connectivity index (χ0n) is 22.2. The van der Waals surface area contributed by atoms with E-state index in [4.69, 9.17) is 18.9 Å². The molecule has 3 fully saturated rings. The first-order valence-corrected chi connectivity index (χ1v) is 13.5. The van der Waals surface area contributed by atoms with Crippen LogP contribution in [-0.2, 0) is 23.7 Å². The van der Waals surface area contributed by atoms with E-state index in [1.54, 1.807) is 31.2 Å². The second-order valence-electron chi connectivity index (χ2n) is 11.2. The van der Waals surface area contributed by atoms with Gasteiger partial charge in [-0.15, -0.1) is 0 Å². The molecular formula is C31H28O9. The second kappa shape index (κ2) is 8.94. The third-order valence-electron chi connectivity index (χ3n) is 8.53. The number of phenolic OH excluding ortho intramolecular Hbond substituents is 2. The first-order valence-electron chi connectivity index (χ1n) is 13.5. The number of benzene rings is 3. The molecule has 40 heavy (non-hydrogen) atoms. The molecule has 1 aliphatic carbocycles. The number of hydrogen-bond donors (Lipinski definition) is 2. The average molecular weight is 545 g/mol. The van der Waals surface area contributed by atoms with Crippen LogP contribution >= 0.6 is 0 Å². The lowest BCUT2D eigenvalue weighted by Crippen LogP contribution is -2.60. The van der Waals surface area contributed by atoms with E-state index in [0.717, 1.165) is 5.56 Å². The maximum Gasteiger partial charge on any atom is 0.198 e. The van der Waals surface area contributed by atoms with E-state index in [9.17, 15) is 24.6 Å². The van der Waals surface area contributed by atoms with Crippen LogP contribution < -0.4 is 0 Å². The van der Waals surface area contributed by atoms with E-state index < -0.39 is 54.5 Å². The van der Waals surface area contributed by atoms with Crippen molar-refractivity contribution in [3.8, 4) is 11.5 Å². The number of fused-ring (bicyclic) bond motifs is 6. The Kier molecular flexibility index (Phi) is 5.66. The lowest BCUT2D eigenvalue weighted by Gasteiger charge is -2.49. The standard InChI is InChI=1S/C31H28O9/c1-12-8-15-4-5-17-25(24(15)20(33)9-12)28(35)18-7-6-16(27(34)26(18)29(17)36)21-11-22-30(14(3)37-21)40-31-23(39-22)10-19(32)13(2)38-31/h4-9,13-14,21-23,30-31,33-34H,10-11H2,1-3H3. The smallest absolute Gasteiger partial charge is 0.198 e. The van der Waals surface area contributed by atoms with Crippen LogP contribution in [0.4, 0.5) is 0 Å². The fourth-order valence-corrected chi connectivity index (χ4v) is 6.58. The zero-order valence-corrected chi connectivity index (χ0v) is 22.2. The van der Waals surface area contributed by atoms with Gasteiger partial charge in [-0.25, -0.2) is 0 Å². The fraction of sp³-hybridized carbons (Fsp3) is 0.387. The van der Waals surface area contributed by atoms with Gasteiger partial charge in [0.15, 0.2) is 23.6 Å². The number of ether oxygens (including phenoxy) is 4. The van der Waals surface area contributed by atoms with Gasteiger partial charge in [-0.1, -0.05) is 18.2 Å². The van der Waals surface area contributed by atoms with Crippen molar-refractivity contribution in [2.75, 3.05) is 0 Å². The maximum atomic E-state index is 13.7. The molecule has 0 saturated carbocycles. The molecule has 3 saturated heterocycles. The summed E-state index contributed by atoms with van der Waals surface area (Å²) in [7, 11) is 0. The lowest BCUT2D eigenvalue weighted by atomic mass is 9.79. The fourth-order valence-electron chi connectivity index (χ4n) is 6.58. The molecule has 4 aliphatic rings. The van der Waals surface area contributed by atoms with Gasteiger partial charge in [0.1, 0.15) is 29.8 Å². The molecule has 7 unspecified atom stereocenters. The van der Waals surface area contributed by atoms with Crippen molar-refractivity contribution in [1.29, 1.82) is 0 Å². The van der Waals surface area contributed by atoms with Gasteiger partial charge in [0.25, 0.3) is 0 Å². The third kappa shape index (κ3) is 3.65. The number of phenols is 2. The zero-order chi connectivity index (χ0) is 28.0. The van der Waals surface area contributed by atoms with Crippen LogP contribution in [0.15, 0.2) is 36.4 Å². The summed E-state index contributed by atoms with van der Waals surface area (Å²) in [6.07, 6.45) is -3.18. The van der Waals surface area contributed by atoms with Gasteiger partial charge in [0.05, 0.1) is 23.9 Å². The van der Waals surface area contributed by atoms with Gasteiger partial charge in [0, 0.05) is 40.5 Å². The Hall–Kier alpha value is -3.63. The number of carbonyl (C=O) groups excluding carboxylic acids is 3. The number of carbonyl (C=O) groups is 3. The van der Waals surface area contributed by atoms with Gasteiger partial charge in [-0.3, -0.25) is 14.4 Å². The van der Waals surface area contributed by atoms with Gasteiger partial charge in [-0.2, -0.15) is 0 Å². The van der Waals surface area contributed by atoms with Crippen LogP contribution in [0.3, 0.4) is 0 Å². The van der Waals surface area contributed by atoms with Gasteiger partial charge in [0.2, 0.25) is 0 Å². The Morgan fingerprint density at radius 3 is 2.35 bits per heavy atom. The molecule has 0 radical (unpaired) electrons. The van der Waals surface area contributed by atoms with Gasteiger partial charge >= 0.3 is 0 Å². The molecule has 3 aromatic rings. The van der Waals surface area contributed by atoms with E-state index in [0.29, 0.717) is 22.8 Å². The van der Waals surface area contributed by atoms with E-state index in [1.165, 1.54) is 6.07 Å². The summed E-state index contributed by atoms with van der Waals surface area (Å²) >= 11 is 0. The number of ketones is 3. The van der Waals surface area contributed by atoms with Crippen molar-refractivity contribution >= 4 is 28.1 Å². The highest BCUT2D eigenvalue weighted by Crippen LogP contribution is 2.46. The van der Waals surface area contributed by atoms with Crippen molar-refractivity contribution in [2.24, 2.45) is 0 Å². The first-order chi connectivity index (χ1) is 19.1. The Balaban J connectivity index is 1.23. The Bertz CT molecular complexity index is 1630. The summed E-state index contributed by atoms with van der Waals surface area (Å²) in [6, 6.07) is 9.78. The SMILES string of the molecule is Cc1cc(O)c2c3c(ccc2c1)C(=O)c1c(ccc(C2CC4OC5CC(=O)C(C)OC5OC4C(C)O2)c1O)C3=O. The van der Waals surface area contributed by atoms with E-state index in [-0.39, 0.29) is 46.0 Å². The Labute approximate surface area is 229 Å². The van der Waals surface area contributed by atoms with Crippen LogP contribution in [0.5, 0.6) is 11.5 Å². The van der Waals surface area contributed by atoms with Crippen LogP contribution in [0.2, 0.25) is 0 Å². The summed E-state index contributed by atoms with van der Waals surface area (Å²) in [5, 5.41) is 23.0. The summed E-state index contributed by atoms with van der Waals surface area (Å²) in [6.45, 7) is 5.37. The summed E-state index contributed by atoms with van der Waals surface area (Å²) < 4.78 is 24.3. The minimum atomic E-state index is -0.656. The molecule has 3 heterocycles. The van der Waals surface area contributed by atoms with Gasteiger partial charge in [-0.05, 0) is 49.9 Å². The van der Waals surface area contributed by atoms with Crippen LogP contribution in [-0.4, -0.2) is 64.4 Å². The highest BCUT2D eigenvalue weighted by atomic mass is 16.7. The minimum absolute atomic E-state index is 0.0491. The molecule has 3 aromatic carbocycles. The molecule has 206 valence electrons. The molecule has 9 nitrogen and oxygen atoms in total. The molecule has 9 heteroatoms. The van der Waals surface area contributed by atoms with Crippen molar-refractivity contribution in [1.82, 2.24) is 0 Å². The molecule has 2 N–H and O–H groups in total. The van der Waals surface area contributed by atoms with E-state index in [1.807, 2.05) is 19.9 Å². The molecule has 0 spiro atoms. The molecule has 7 atom stereocenters. The molecular weight excluding hydrogens is 516 g/mol. The molecule has 7 rings (SSSR count). The average Bonchev–Trinajstić information content (AvgIpc) is 2.90. The first kappa shape index (κ1) is 25.3. The molecule has 0 bridgehead atoms. The predicted molar refractivity (Wildman–Crippen MR) is 141 cm³/mol. The summed E-state index contributed by atoms with van der Waals surface area (Å²) in [4.78, 5) is 39.6. The van der Waals surface area contributed by atoms with Crippen LogP contribution in [0, 0.1) is 6.92 Å². The molecule has 3 aliphatic heterocycles. The van der Waals surface area contributed by atoms with E-state index in [2.05, 4.69) is 0 Å². The summed E-state index contributed by atoms with van der Waals surface area (Å²) in [5.74, 6) is -1.38. The number of aromatic hydroxyl groups is 2. The second-order valence-corrected chi connectivity index (χ2v) is 11.2. The highest BCUT2D eigenvalue weighted by molar-refractivity contribution is 6.33. The maximum absolute atomic E-state index is 13.7. The lowest BCUT2D eigenvalue weighted by molar-refractivity contribution is -0.347. The molecule has 0 aromatic heterocycles. The number of Topliss-reactive ketones (excluding diaryl/α,β-unsaturated/α-hetero) is 1. The summed E-state index contributed by atoms with van der Waals surface area (Å²) in [5.41, 5.74) is 1.43. The van der Waals surface area contributed by atoms with E-state index >= 15 is 0 Å². The largest absolute Gasteiger partial charge is 0.507 e. The predicted octanol–water partition coefficient (Wildman–Crippen LogP) is 4.04. The van der Waals surface area contributed by atoms with Crippen molar-refractivity contribution in [2.45, 2.75) is 76.5 Å². The normalized spacial score (nSPS) is 31.4. The highest BCUT2D eigenvalue weighted by Gasteiger charge is 2.50.